The monoisotopic (exact) mass is 385 g/mol. The summed E-state index contributed by atoms with van der Waals surface area (Å²) in [5.74, 6) is -0.296. The molecule has 1 amide bonds. The van der Waals surface area contributed by atoms with Crippen molar-refractivity contribution in [3.05, 3.63) is 107 Å². The Bertz CT molecular complexity index is 986. The minimum Gasteiger partial charge on any atom is -0.343 e. The van der Waals surface area contributed by atoms with Crippen molar-refractivity contribution in [3.63, 3.8) is 0 Å². The van der Waals surface area contributed by atoms with Gasteiger partial charge in [0.25, 0.3) is 5.91 Å². The maximum absolute atomic E-state index is 12.9. The molecule has 2 atom stereocenters. The van der Waals surface area contributed by atoms with Gasteiger partial charge in [0.15, 0.2) is 5.78 Å². The van der Waals surface area contributed by atoms with Gasteiger partial charge in [-0.2, -0.15) is 0 Å². The molecule has 0 saturated carbocycles. The Balaban J connectivity index is 1.42. The molecule has 1 saturated heterocycles. The van der Waals surface area contributed by atoms with Crippen LogP contribution in [0.25, 0.3) is 0 Å². The van der Waals surface area contributed by atoms with Crippen molar-refractivity contribution in [1.82, 2.24) is 5.32 Å². The number of hydrogen-bond donors (Lipinski definition) is 2. The van der Waals surface area contributed by atoms with E-state index in [2.05, 4.69) is 29.6 Å². The number of benzene rings is 3. The number of hydrogen-bond acceptors (Lipinski definition) is 2. The van der Waals surface area contributed by atoms with Gasteiger partial charge in [0.05, 0.1) is 24.7 Å². The van der Waals surface area contributed by atoms with E-state index in [-0.39, 0.29) is 17.7 Å². The van der Waals surface area contributed by atoms with E-state index in [1.165, 1.54) is 10.5 Å². The molecular weight excluding hydrogens is 360 g/mol. The molecule has 0 bridgehead atoms. The summed E-state index contributed by atoms with van der Waals surface area (Å²) in [6.07, 6.45) is 0.947. The number of nitrogens with one attached hydrogen (secondary N) is 2. The lowest BCUT2D eigenvalue weighted by atomic mass is 9.97. The summed E-state index contributed by atoms with van der Waals surface area (Å²) in [4.78, 5) is 27.3. The fraction of sp³-hybridized carbons (Fsp3) is 0.200. The van der Waals surface area contributed by atoms with Crippen molar-refractivity contribution in [1.29, 1.82) is 0 Å². The van der Waals surface area contributed by atoms with E-state index in [1.807, 2.05) is 24.3 Å². The molecule has 0 aromatic heterocycles. The SMILES string of the molecule is O=C(N[C@@H]1CC[NH+](Cc2ccccc2)C1)c1ccccc1C(=O)c1ccccc1. The lowest BCUT2D eigenvalue weighted by molar-refractivity contribution is -0.901. The highest BCUT2D eigenvalue weighted by atomic mass is 16.2. The van der Waals surface area contributed by atoms with Crippen LogP contribution in [0.3, 0.4) is 0 Å². The first-order valence-electron chi connectivity index (χ1n) is 10.1. The van der Waals surface area contributed by atoms with Gasteiger partial charge in [-0.05, 0) is 6.07 Å². The molecule has 4 heteroatoms. The fourth-order valence-corrected chi connectivity index (χ4v) is 3.99. The number of carbonyl (C=O) groups excluding carboxylic acids is 2. The number of quaternary nitrogens is 1. The molecule has 146 valence electrons. The minimum absolute atomic E-state index is 0.126. The summed E-state index contributed by atoms with van der Waals surface area (Å²) in [7, 11) is 0. The molecule has 0 spiro atoms. The normalized spacial score (nSPS) is 18.3. The lowest BCUT2D eigenvalue weighted by Gasteiger charge is -2.15. The average Bonchev–Trinajstić information content (AvgIpc) is 3.21. The Morgan fingerprint density at radius 2 is 1.45 bits per heavy atom. The van der Waals surface area contributed by atoms with E-state index >= 15 is 0 Å². The van der Waals surface area contributed by atoms with Crippen molar-refractivity contribution in [3.8, 4) is 0 Å². The van der Waals surface area contributed by atoms with Crippen LogP contribution in [0.4, 0.5) is 0 Å². The zero-order chi connectivity index (χ0) is 20.1. The first-order chi connectivity index (χ1) is 14.2. The summed E-state index contributed by atoms with van der Waals surface area (Å²) in [5.41, 5.74) is 2.79. The topological polar surface area (TPSA) is 50.6 Å². The van der Waals surface area contributed by atoms with Gasteiger partial charge in [0.2, 0.25) is 0 Å². The van der Waals surface area contributed by atoms with Gasteiger partial charge in [-0.15, -0.1) is 0 Å². The molecule has 4 nitrogen and oxygen atoms in total. The first kappa shape index (κ1) is 19.1. The molecule has 1 aliphatic heterocycles. The van der Waals surface area contributed by atoms with Gasteiger partial charge in [-0.1, -0.05) is 78.9 Å². The molecule has 4 rings (SSSR count). The second-order valence-electron chi connectivity index (χ2n) is 7.57. The van der Waals surface area contributed by atoms with Crippen molar-refractivity contribution in [2.45, 2.75) is 19.0 Å². The quantitative estimate of drug-likeness (QED) is 0.641. The zero-order valence-electron chi connectivity index (χ0n) is 16.3. The molecule has 2 N–H and O–H groups in total. The van der Waals surface area contributed by atoms with Crippen molar-refractivity contribution in [2.24, 2.45) is 0 Å². The molecule has 3 aromatic rings. The molecule has 3 aromatic carbocycles. The first-order valence-corrected chi connectivity index (χ1v) is 10.1. The standard InChI is InChI=1S/C25H24N2O2/c28-24(20-11-5-2-6-12-20)22-13-7-8-14-23(22)25(29)26-21-15-16-27(18-21)17-19-9-3-1-4-10-19/h1-14,21H,15-18H2,(H,26,29)/p+1/t21-/m1/s1. The summed E-state index contributed by atoms with van der Waals surface area (Å²) in [6.45, 7) is 2.90. The molecule has 1 heterocycles. The van der Waals surface area contributed by atoms with Crippen LogP contribution in [0.5, 0.6) is 0 Å². The van der Waals surface area contributed by atoms with E-state index in [0.29, 0.717) is 16.7 Å². The van der Waals surface area contributed by atoms with Crippen LogP contribution >= 0.6 is 0 Å². The maximum Gasteiger partial charge on any atom is 0.252 e. The van der Waals surface area contributed by atoms with E-state index < -0.39 is 0 Å². The Morgan fingerprint density at radius 1 is 0.828 bits per heavy atom. The third kappa shape index (κ3) is 4.61. The molecule has 1 unspecified atom stereocenters. The van der Waals surface area contributed by atoms with Gasteiger partial charge in [-0.3, -0.25) is 9.59 Å². The summed E-state index contributed by atoms with van der Waals surface area (Å²) >= 11 is 0. The minimum atomic E-state index is -0.171. The molecule has 0 radical (unpaired) electrons. The Labute approximate surface area is 171 Å². The highest BCUT2D eigenvalue weighted by Gasteiger charge is 2.28. The fourth-order valence-electron chi connectivity index (χ4n) is 3.99. The third-order valence-corrected chi connectivity index (χ3v) is 5.47. The predicted octanol–water partition coefficient (Wildman–Crippen LogP) is 2.50. The van der Waals surface area contributed by atoms with E-state index in [9.17, 15) is 9.59 Å². The van der Waals surface area contributed by atoms with Crippen LogP contribution < -0.4 is 10.2 Å². The Hall–Kier alpha value is -3.24. The number of likely N-dealkylation sites (tertiary alicyclic amines) is 1. The molecule has 0 aliphatic carbocycles. The smallest absolute Gasteiger partial charge is 0.252 e. The van der Waals surface area contributed by atoms with Crippen LogP contribution in [0.2, 0.25) is 0 Å². The lowest BCUT2D eigenvalue weighted by Crippen LogP contribution is -3.09. The molecule has 29 heavy (non-hydrogen) atoms. The van der Waals surface area contributed by atoms with E-state index in [4.69, 9.17) is 0 Å². The van der Waals surface area contributed by atoms with E-state index in [0.717, 1.165) is 26.1 Å². The number of rotatable bonds is 6. The van der Waals surface area contributed by atoms with Crippen molar-refractivity contribution < 1.29 is 14.5 Å². The summed E-state index contributed by atoms with van der Waals surface area (Å²) in [6, 6.07) is 26.7. The van der Waals surface area contributed by atoms with Crippen LogP contribution in [-0.2, 0) is 6.54 Å². The number of amides is 1. The number of ketones is 1. The third-order valence-electron chi connectivity index (χ3n) is 5.47. The Kier molecular flexibility index (Phi) is 5.82. The Morgan fingerprint density at radius 3 is 2.17 bits per heavy atom. The highest BCUT2D eigenvalue weighted by Crippen LogP contribution is 2.15. The second-order valence-corrected chi connectivity index (χ2v) is 7.57. The summed E-state index contributed by atoms with van der Waals surface area (Å²) < 4.78 is 0. The van der Waals surface area contributed by atoms with Gasteiger partial charge < -0.3 is 10.2 Å². The van der Waals surface area contributed by atoms with Gasteiger partial charge >= 0.3 is 0 Å². The zero-order valence-corrected chi connectivity index (χ0v) is 16.3. The predicted molar refractivity (Wildman–Crippen MR) is 113 cm³/mol. The van der Waals surface area contributed by atoms with E-state index in [1.54, 1.807) is 36.4 Å². The van der Waals surface area contributed by atoms with Crippen LogP contribution in [0.15, 0.2) is 84.9 Å². The van der Waals surface area contributed by atoms with Gasteiger partial charge in [-0.25, -0.2) is 0 Å². The molecular formula is C25H25N2O2+. The average molecular weight is 385 g/mol. The van der Waals surface area contributed by atoms with Crippen molar-refractivity contribution >= 4 is 11.7 Å². The highest BCUT2D eigenvalue weighted by molar-refractivity contribution is 6.15. The molecule has 1 fully saturated rings. The molecule has 1 aliphatic rings. The summed E-state index contributed by atoms with van der Waals surface area (Å²) in [5, 5.41) is 3.15. The number of carbonyl (C=O) groups is 2. The van der Waals surface area contributed by atoms with Crippen LogP contribution in [-0.4, -0.2) is 30.8 Å². The maximum atomic E-state index is 12.9. The van der Waals surface area contributed by atoms with Crippen LogP contribution in [0.1, 0.15) is 38.3 Å². The van der Waals surface area contributed by atoms with Crippen LogP contribution in [0, 0.1) is 0 Å². The van der Waals surface area contributed by atoms with Gasteiger partial charge in [0, 0.05) is 23.1 Å². The largest absolute Gasteiger partial charge is 0.343 e. The van der Waals surface area contributed by atoms with Gasteiger partial charge in [0.1, 0.15) is 6.54 Å². The van der Waals surface area contributed by atoms with Crippen molar-refractivity contribution in [2.75, 3.05) is 13.1 Å². The second kappa shape index (κ2) is 8.84.